The number of nitrogens with zero attached hydrogens (tertiary/aromatic N) is 4. The van der Waals surface area contributed by atoms with Crippen LogP contribution >= 0.6 is 0 Å². The molecule has 0 bridgehead atoms. The summed E-state index contributed by atoms with van der Waals surface area (Å²) in [6.07, 6.45) is 9.40. The summed E-state index contributed by atoms with van der Waals surface area (Å²) >= 11 is 0. The topological polar surface area (TPSA) is 247 Å². The molecule has 352 valence electrons. The van der Waals surface area contributed by atoms with Crippen molar-refractivity contribution in [2.75, 3.05) is 0 Å². The van der Waals surface area contributed by atoms with E-state index in [-0.39, 0.29) is 48.9 Å². The van der Waals surface area contributed by atoms with E-state index >= 15 is 0 Å². The Morgan fingerprint density at radius 3 is 1.41 bits per heavy atom. The Balaban J connectivity index is 1.73. The Morgan fingerprint density at radius 2 is 1.03 bits per heavy atom. The summed E-state index contributed by atoms with van der Waals surface area (Å²) in [6.45, 7) is 12.1. The van der Waals surface area contributed by atoms with E-state index < -0.39 is 79.7 Å². The molecule has 6 atom stereocenters. The van der Waals surface area contributed by atoms with Crippen molar-refractivity contribution in [3.63, 3.8) is 0 Å². The molecule has 0 radical (unpaired) electrons. The van der Waals surface area contributed by atoms with Crippen LogP contribution in [0.25, 0.3) is 0 Å². The van der Waals surface area contributed by atoms with Gasteiger partial charge in [-0.05, 0) is 62.5 Å². The molecule has 0 saturated carbocycles. The first-order chi connectivity index (χ1) is 31.4. The number of nitrogens with one attached hydrogen (secondary N) is 4. The van der Waals surface area contributed by atoms with Crippen molar-refractivity contribution in [3.8, 4) is 0 Å². The van der Waals surface area contributed by atoms with Crippen molar-refractivity contribution < 1.29 is 43.6 Å². The molecule has 0 aliphatic carbocycles. The van der Waals surface area contributed by atoms with Crippen molar-refractivity contribution in [2.24, 2.45) is 11.8 Å². The summed E-state index contributed by atoms with van der Waals surface area (Å²) in [6, 6.07) is 16.2. The summed E-state index contributed by atoms with van der Waals surface area (Å²) in [5.41, 5.74) is -1.39. The largest absolute Gasteiger partial charge is 0.633 e. The van der Waals surface area contributed by atoms with E-state index in [4.69, 9.17) is 9.31 Å². The summed E-state index contributed by atoms with van der Waals surface area (Å²) in [5, 5.41) is 45.0. The highest BCUT2D eigenvalue weighted by molar-refractivity contribution is 6.62. The monoisotopic (exact) mass is 907 g/mol. The molecule has 17 nitrogen and oxygen atoms in total. The Hall–Kier alpha value is -5.53. The standard InChI is InChI=1S/C46H65B3N8O9/c1-9-45(7,47(62)39(25-31(3)4)56-41(58)35(27-33-17-13-11-14-18-33)54-43(60)37-29-50-21-23-52-37)65-48(46(8,10-2)66-49(63)64)40(26-32(5)6)57-42(59)36(28-34-19-15-12-16-20-34)55-44(61)38-30-51-22-24-53-38/h11-24,29-32,35-36,39-40,62-64H,9-10,25-28H2,1-8H3,(H,54,60)(H,55,61)(H,56,58)(H,57,59). The Kier molecular flexibility index (Phi) is 20.4. The molecule has 0 spiro atoms. The van der Waals surface area contributed by atoms with Crippen molar-refractivity contribution in [1.82, 2.24) is 41.2 Å². The molecular weight excluding hydrogens is 841 g/mol. The number of hydrogen-bond donors (Lipinski definition) is 7. The zero-order chi connectivity index (χ0) is 48.4. The van der Waals surface area contributed by atoms with Crippen molar-refractivity contribution in [2.45, 2.75) is 129 Å². The van der Waals surface area contributed by atoms with E-state index in [1.807, 2.05) is 95.3 Å². The number of hydrogen-bond acceptors (Lipinski definition) is 13. The van der Waals surface area contributed by atoms with Crippen LogP contribution in [0.5, 0.6) is 0 Å². The second-order valence-corrected chi connectivity index (χ2v) is 17.9. The van der Waals surface area contributed by atoms with E-state index in [1.54, 1.807) is 20.8 Å². The first-order valence-electron chi connectivity index (χ1n) is 22.6. The zero-order valence-corrected chi connectivity index (χ0v) is 39.3. The molecule has 6 unspecified atom stereocenters. The Labute approximate surface area is 389 Å². The third-order valence-corrected chi connectivity index (χ3v) is 11.7. The predicted molar refractivity (Wildman–Crippen MR) is 253 cm³/mol. The van der Waals surface area contributed by atoms with E-state index in [9.17, 15) is 34.3 Å². The zero-order valence-electron chi connectivity index (χ0n) is 39.3. The fraction of sp³-hybridized carbons (Fsp3) is 0.478. The maximum Gasteiger partial charge on any atom is 0.633 e. The first-order valence-corrected chi connectivity index (χ1v) is 22.6. The lowest BCUT2D eigenvalue weighted by Crippen LogP contribution is -2.69. The van der Waals surface area contributed by atoms with Gasteiger partial charge >= 0.3 is 21.2 Å². The van der Waals surface area contributed by atoms with Crippen LogP contribution in [0.15, 0.2) is 97.8 Å². The minimum Gasteiger partial charge on any atom is -0.447 e. The van der Waals surface area contributed by atoms with Gasteiger partial charge in [-0.15, -0.1) is 0 Å². The molecule has 7 N–H and O–H groups in total. The smallest absolute Gasteiger partial charge is 0.447 e. The molecule has 0 aliphatic heterocycles. The summed E-state index contributed by atoms with van der Waals surface area (Å²) < 4.78 is 12.9. The van der Waals surface area contributed by atoms with Gasteiger partial charge in [0.05, 0.1) is 23.4 Å². The van der Waals surface area contributed by atoms with Gasteiger partial charge in [-0.25, -0.2) is 9.97 Å². The molecule has 4 aromatic rings. The molecule has 0 aliphatic rings. The lowest BCUT2D eigenvalue weighted by molar-refractivity contribution is -0.124. The van der Waals surface area contributed by atoms with Gasteiger partial charge in [-0.1, -0.05) is 102 Å². The number of carbonyl (C=O) groups excluding carboxylic acids is 4. The van der Waals surface area contributed by atoms with Gasteiger partial charge in [-0.3, -0.25) is 29.1 Å². The van der Waals surface area contributed by atoms with Crippen molar-refractivity contribution in [3.05, 3.63) is 120 Å². The van der Waals surface area contributed by atoms with Gasteiger partial charge in [0.1, 0.15) is 23.5 Å². The molecule has 2 heterocycles. The molecule has 2 aromatic carbocycles. The highest BCUT2D eigenvalue weighted by Crippen LogP contribution is 2.32. The van der Waals surface area contributed by atoms with Crippen LogP contribution in [-0.4, -0.2) is 115 Å². The molecule has 0 saturated heterocycles. The second-order valence-electron chi connectivity index (χ2n) is 17.9. The lowest BCUT2D eigenvalue weighted by atomic mass is 9.41. The van der Waals surface area contributed by atoms with Crippen LogP contribution in [-0.2, 0) is 31.7 Å². The molecule has 2 aromatic heterocycles. The fourth-order valence-electron chi connectivity index (χ4n) is 7.83. The van der Waals surface area contributed by atoms with Crippen molar-refractivity contribution in [1.29, 1.82) is 0 Å². The quantitative estimate of drug-likeness (QED) is 0.0448. The van der Waals surface area contributed by atoms with Crippen LogP contribution in [0, 0.1) is 11.8 Å². The summed E-state index contributed by atoms with van der Waals surface area (Å²) in [4.78, 5) is 72.1. The number of carbonyl (C=O) groups is 4. The van der Waals surface area contributed by atoms with Gasteiger partial charge < -0.3 is 45.6 Å². The Bertz CT molecular complexity index is 2120. The third-order valence-electron chi connectivity index (χ3n) is 11.7. The second kappa shape index (κ2) is 25.4. The summed E-state index contributed by atoms with van der Waals surface area (Å²) in [7, 11) is -2.24. The minimum absolute atomic E-state index is 0.0159. The van der Waals surface area contributed by atoms with Crippen LogP contribution in [0.1, 0.15) is 113 Å². The minimum atomic E-state index is -2.24. The van der Waals surface area contributed by atoms with Gasteiger partial charge in [-0.2, -0.15) is 0 Å². The van der Waals surface area contributed by atoms with Crippen LogP contribution in [0.2, 0.25) is 0 Å². The van der Waals surface area contributed by atoms with Crippen LogP contribution < -0.4 is 21.3 Å². The third kappa shape index (κ3) is 15.8. The average molecular weight is 907 g/mol. The van der Waals surface area contributed by atoms with E-state index in [2.05, 4.69) is 41.2 Å². The van der Waals surface area contributed by atoms with E-state index in [0.717, 1.165) is 11.1 Å². The van der Waals surface area contributed by atoms with Gasteiger partial charge in [0, 0.05) is 49.5 Å². The molecule has 20 heteroatoms. The van der Waals surface area contributed by atoms with Crippen molar-refractivity contribution >= 4 is 44.8 Å². The predicted octanol–water partition coefficient (Wildman–Crippen LogP) is 3.18. The van der Waals surface area contributed by atoms with Crippen LogP contribution in [0.4, 0.5) is 0 Å². The lowest BCUT2D eigenvalue weighted by Gasteiger charge is -2.46. The van der Waals surface area contributed by atoms with E-state index in [1.165, 1.54) is 37.2 Å². The fourth-order valence-corrected chi connectivity index (χ4v) is 7.83. The number of aromatic nitrogens is 4. The van der Waals surface area contributed by atoms with Gasteiger partial charge in [0.25, 0.3) is 11.8 Å². The van der Waals surface area contributed by atoms with E-state index in [0.29, 0.717) is 12.8 Å². The normalized spacial score (nSPS) is 15.0. The number of amides is 4. The summed E-state index contributed by atoms with van der Waals surface area (Å²) in [5.74, 6) is -4.28. The Morgan fingerprint density at radius 1 is 0.606 bits per heavy atom. The van der Waals surface area contributed by atoms with Gasteiger partial charge in [0.2, 0.25) is 11.8 Å². The molecule has 66 heavy (non-hydrogen) atoms. The highest BCUT2D eigenvalue weighted by Gasteiger charge is 2.54. The molecular formula is C46H65B3N8O9. The first kappa shape index (κ1) is 53.1. The SMILES string of the molecule is CCC(C)(OB(C(CC(C)C)NC(=O)C(Cc1ccccc1)NC(=O)c1cnccn1)C(C)(CC)OB(O)O)B(O)C(CC(C)C)NC(=O)C(Cc1ccccc1)NC(=O)c1cnccn1. The molecule has 4 amide bonds. The average Bonchev–Trinajstić information content (AvgIpc) is 3.30. The highest BCUT2D eigenvalue weighted by atomic mass is 16.6. The molecule has 4 rings (SSSR count). The van der Waals surface area contributed by atoms with Crippen LogP contribution in [0.3, 0.4) is 0 Å². The number of rotatable bonds is 26. The maximum absolute atomic E-state index is 14.6. The molecule has 0 fully saturated rings. The number of benzene rings is 2. The van der Waals surface area contributed by atoms with Gasteiger partial charge in [0.15, 0.2) is 0 Å². The maximum atomic E-state index is 14.6.